The average Bonchev–Trinajstić information content (AvgIpc) is 2.51. The second kappa shape index (κ2) is 7.11. The van der Waals surface area contributed by atoms with Gasteiger partial charge in [-0.2, -0.15) is 0 Å². The van der Waals surface area contributed by atoms with Gasteiger partial charge in [-0.15, -0.1) is 0 Å². The van der Waals surface area contributed by atoms with Crippen molar-refractivity contribution in [2.24, 2.45) is 0 Å². The van der Waals surface area contributed by atoms with E-state index in [-0.39, 0.29) is 17.3 Å². The van der Waals surface area contributed by atoms with Crippen molar-refractivity contribution in [1.82, 2.24) is 0 Å². The molecule has 1 unspecified atom stereocenters. The van der Waals surface area contributed by atoms with Crippen LogP contribution in [0.25, 0.3) is 0 Å². The van der Waals surface area contributed by atoms with Gasteiger partial charge < -0.3 is 10.6 Å². The first-order valence-electron chi connectivity index (χ1n) is 6.95. The third-order valence-electron chi connectivity index (χ3n) is 3.31. The van der Waals surface area contributed by atoms with E-state index in [1.54, 1.807) is 25.1 Å². The van der Waals surface area contributed by atoms with Crippen molar-refractivity contribution >= 4 is 34.6 Å². The third kappa shape index (κ3) is 4.20. The number of hydrogen-bond donors (Lipinski definition) is 2. The molecule has 1 amide bonds. The van der Waals surface area contributed by atoms with Crippen LogP contribution in [0.3, 0.4) is 0 Å². The largest absolute Gasteiger partial charge is 0.374 e. The van der Waals surface area contributed by atoms with Crippen LogP contribution < -0.4 is 10.6 Å². The van der Waals surface area contributed by atoms with Crippen LogP contribution in [-0.2, 0) is 4.79 Å². The number of nitro groups is 1. The van der Waals surface area contributed by atoms with Gasteiger partial charge in [-0.25, -0.2) is 0 Å². The van der Waals surface area contributed by atoms with E-state index in [0.717, 1.165) is 5.56 Å². The van der Waals surface area contributed by atoms with Crippen molar-refractivity contribution in [2.75, 3.05) is 10.6 Å². The van der Waals surface area contributed by atoms with Crippen LogP contribution in [0.15, 0.2) is 42.5 Å². The van der Waals surface area contributed by atoms with Gasteiger partial charge in [0.1, 0.15) is 11.7 Å². The molecule has 0 spiro atoms. The van der Waals surface area contributed by atoms with Crippen LogP contribution in [0.1, 0.15) is 12.5 Å². The van der Waals surface area contributed by atoms with Crippen molar-refractivity contribution in [3.05, 3.63) is 63.2 Å². The predicted octanol–water partition coefficient (Wildman–Crippen LogP) is 4.00. The molecular weight excluding hydrogens is 318 g/mol. The van der Waals surface area contributed by atoms with Gasteiger partial charge in [0.25, 0.3) is 5.69 Å². The number of carbonyl (C=O) groups is 1. The molecule has 1 atom stereocenters. The fourth-order valence-electron chi connectivity index (χ4n) is 1.98. The Kier molecular flexibility index (Phi) is 5.18. The molecule has 0 fully saturated rings. The van der Waals surface area contributed by atoms with E-state index in [9.17, 15) is 14.9 Å². The molecule has 0 aromatic heterocycles. The van der Waals surface area contributed by atoms with Crippen LogP contribution in [0.4, 0.5) is 17.1 Å². The Bertz CT molecular complexity index is 749. The lowest BCUT2D eigenvalue weighted by atomic mass is 10.2. The van der Waals surface area contributed by atoms with Crippen LogP contribution in [0, 0.1) is 17.0 Å². The maximum Gasteiger partial charge on any atom is 0.292 e. The summed E-state index contributed by atoms with van der Waals surface area (Å²) in [6.45, 7) is 3.55. The quantitative estimate of drug-likeness (QED) is 0.640. The number of amides is 1. The second-order valence-corrected chi connectivity index (χ2v) is 5.50. The molecule has 0 aliphatic heterocycles. The second-order valence-electron chi connectivity index (χ2n) is 5.09. The zero-order valence-corrected chi connectivity index (χ0v) is 13.4. The molecule has 120 valence electrons. The Morgan fingerprint density at radius 2 is 1.96 bits per heavy atom. The lowest BCUT2D eigenvalue weighted by Crippen LogP contribution is -2.32. The molecule has 0 saturated heterocycles. The lowest BCUT2D eigenvalue weighted by molar-refractivity contribution is -0.383. The number of carbonyl (C=O) groups excluding carboxylic acids is 1. The predicted molar refractivity (Wildman–Crippen MR) is 91.0 cm³/mol. The SMILES string of the molecule is Cc1ccc(NC(C)C(=O)Nc2ccccc2[N+](=O)[O-])cc1Cl. The summed E-state index contributed by atoms with van der Waals surface area (Å²) in [6, 6.07) is 10.8. The maximum atomic E-state index is 12.2. The lowest BCUT2D eigenvalue weighted by Gasteiger charge is -2.16. The van der Waals surface area contributed by atoms with Crippen molar-refractivity contribution in [3.8, 4) is 0 Å². The average molecular weight is 334 g/mol. The zero-order valence-electron chi connectivity index (χ0n) is 12.7. The molecule has 23 heavy (non-hydrogen) atoms. The van der Waals surface area contributed by atoms with Gasteiger partial charge >= 0.3 is 0 Å². The highest BCUT2D eigenvalue weighted by Crippen LogP contribution is 2.24. The van der Waals surface area contributed by atoms with Gasteiger partial charge in [0, 0.05) is 16.8 Å². The van der Waals surface area contributed by atoms with Crippen LogP contribution in [0.5, 0.6) is 0 Å². The van der Waals surface area contributed by atoms with Crippen LogP contribution in [0.2, 0.25) is 5.02 Å². The first kappa shape index (κ1) is 16.8. The molecule has 0 radical (unpaired) electrons. The van der Waals surface area contributed by atoms with E-state index in [2.05, 4.69) is 10.6 Å². The van der Waals surface area contributed by atoms with Gasteiger partial charge in [-0.05, 0) is 37.6 Å². The Labute approximate surface area is 138 Å². The fourth-order valence-corrected chi connectivity index (χ4v) is 2.16. The summed E-state index contributed by atoms with van der Waals surface area (Å²) in [6.07, 6.45) is 0. The number of benzene rings is 2. The molecule has 6 nitrogen and oxygen atoms in total. The van der Waals surface area contributed by atoms with E-state index < -0.39 is 11.0 Å². The van der Waals surface area contributed by atoms with E-state index in [1.165, 1.54) is 12.1 Å². The number of halogens is 1. The number of hydrogen-bond acceptors (Lipinski definition) is 4. The van der Waals surface area contributed by atoms with Crippen molar-refractivity contribution in [2.45, 2.75) is 19.9 Å². The van der Waals surface area contributed by atoms with Crippen LogP contribution >= 0.6 is 11.6 Å². The molecule has 0 saturated carbocycles. The standard InChI is InChI=1S/C16H16ClN3O3/c1-10-7-8-12(9-13(10)17)18-11(2)16(21)19-14-5-3-4-6-15(14)20(22)23/h3-9,11,18H,1-2H3,(H,19,21). The summed E-state index contributed by atoms with van der Waals surface area (Å²) < 4.78 is 0. The van der Waals surface area contributed by atoms with Gasteiger partial charge in [0.05, 0.1) is 4.92 Å². The molecule has 0 aliphatic rings. The highest BCUT2D eigenvalue weighted by Gasteiger charge is 2.18. The van der Waals surface area contributed by atoms with Crippen molar-refractivity contribution < 1.29 is 9.72 Å². The molecule has 2 rings (SSSR count). The zero-order chi connectivity index (χ0) is 17.0. The number of rotatable bonds is 5. The Morgan fingerprint density at radius 3 is 2.61 bits per heavy atom. The summed E-state index contributed by atoms with van der Waals surface area (Å²) >= 11 is 6.05. The summed E-state index contributed by atoms with van der Waals surface area (Å²) in [5.74, 6) is -0.379. The van der Waals surface area contributed by atoms with E-state index in [4.69, 9.17) is 11.6 Å². The maximum absolute atomic E-state index is 12.2. The smallest absolute Gasteiger partial charge is 0.292 e. The Hall–Kier alpha value is -2.60. The topological polar surface area (TPSA) is 84.3 Å². The first-order valence-corrected chi connectivity index (χ1v) is 7.33. The number of para-hydroxylation sites is 2. The number of nitrogens with zero attached hydrogens (tertiary/aromatic N) is 1. The molecule has 2 aromatic rings. The van der Waals surface area contributed by atoms with Crippen molar-refractivity contribution in [3.63, 3.8) is 0 Å². The fraction of sp³-hybridized carbons (Fsp3) is 0.188. The summed E-state index contributed by atoms with van der Waals surface area (Å²) in [5, 5.41) is 17.1. The third-order valence-corrected chi connectivity index (χ3v) is 3.71. The first-order chi connectivity index (χ1) is 10.9. The minimum Gasteiger partial charge on any atom is -0.374 e. The number of nitrogens with one attached hydrogen (secondary N) is 2. The molecule has 7 heteroatoms. The Balaban J connectivity index is 2.08. The molecule has 0 aliphatic carbocycles. The minimum absolute atomic E-state index is 0.147. The normalized spacial score (nSPS) is 11.6. The van der Waals surface area contributed by atoms with Gasteiger partial charge in [0.2, 0.25) is 5.91 Å². The van der Waals surface area contributed by atoms with Gasteiger partial charge in [-0.3, -0.25) is 14.9 Å². The molecule has 2 aromatic carbocycles. The highest BCUT2D eigenvalue weighted by molar-refractivity contribution is 6.31. The summed E-state index contributed by atoms with van der Waals surface area (Å²) in [5.41, 5.74) is 1.66. The monoisotopic (exact) mass is 333 g/mol. The molecule has 0 bridgehead atoms. The molecule has 0 heterocycles. The van der Waals surface area contributed by atoms with Crippen molar-refractivity contribution in [1.29, 1.82) is 0 Å². The number of anilines is 2. The molecular formula is C16H16ClN3O3. The highest BCUT2D eigenvalue weighted by atomic mass is 35.5. The number of nitro benzene ring substituents is 1. The van der Waals surface area contributed by atoms with E-state index >= 15 is 0 Å². The molecule has 2 N–H and O–H groups in total. The van der Waals surface area contributed by atoms with Gasteiger partial charge in [0.15, 0.2) is 0 Å². The number of aryl methyl sites for hydroxylation is 1. The minimum atomic E-state index is -0.589. The van der Waals surface area contributed by atoms with Crippen LogP contribution in [-0.4, -0.2) is 16.9 Å². The van der Waals surface area contributed by atoms with Gasteiger partial charge in [-0.1, -0.05) is 29.8 Å². The Morgan fingerprint density at radius 1 is 1.26 bits per heavy atom. The summed E-state index contributed by atoms with van der Waals surface area (Å²) in [4.78, 5) is 22.6. The summed E-state index contributed by atoms with van der Waals surface area (Å²) in [7, 11) is 0. The van der Waals surface area contributed by atoms with E-state index in [1.807, 2.05) is 19.1 Å². The van der Waals surface area contributed by atoms with E-state index in [0.29, 0.717) is 10.7 Å².